The molecular weight excluding hydrogens is 334 g/mol. The number of carbonyl (C=O) groups is 2. The van der Waals surface area contributed by atoms with Gasteiger partial charge in [0, 0.05) is 25.7 Å². The molecule has 1 aliphatic heterocycles. The minimum absolute atomic E-state index is 0.107. The summed E-state index contributed by atoms with van der Waals surface area (Å²) in [5, 5.41) is 2.85. The molecule has 0 spiro atoms. The maximum Gasteiger partial charge on any atom is 0.409 e. The van der Waals surface area contributed by atoms with Gasteiger partial charge in [0.2, 0.25) is 5.91 Å². The van der Waals surface area contributed by atoms with Crippen molar-refractivity contribution in [3.05, 3.63) is 59.9 Å². The average Bonchev–Trinajstić information content (AvgIpc) is 3.09. The first kappa shape index (κ1) is 17.7. The zero-order valence-electron chi connectivity index (χ0n) is 14.4. The number of aromatic nitrogens is 1. The second-order valence-electron chi connectivity index (χ2n) is 5.89. The number of benzene rings is 1. The van der Waals surface area contributed by atoms with Crippen LogP contribution < -0.4 is 10.1 Å². The SMILES string of the molecule is O=C(CCN1CCOC1=O)NCc1cccc(OCc2ccccn2)c1. The van der Waals surface area contributed by atoms with Crippen molar-refractivity contribution in [2.75, 3.05) is 19.7 Å². The van der Waals surface area contributed by atoms with Crippen LogP contribution in [-0.2, 0) is 22.7 Å². The molecule has 3 rings (SSSR count). The molecule has 0 aliphatic carbocycles. The number of carbonyl (C=O) groups excluding carboxylic acids is 2. The van der Waals surface area contributed by atoms with Crippen molar-refractivity contribution in [2.45, 2.75) is 19.6 Å². The van der Waals surface area contributed by atoms with Gasteiger partial charge in [-0.25, -0.2) is 4.79 Å². The third-order valence-electron chi connectivity index (χ3n) is 3.95. The molecule has 2 aromatic rings. The van der Waals surface area contributed by atoms with E-state index >= 15 is 0 Å². The monoisotopic (exact) mass is 355 g/mol. The summed E-state index contributed by atoms with van der Waals surface area (Å²) in [5.74, 6) is 0.617. The summed E-state index contributed by atoms with van der Waals surface area (Å²) in [6.07, 6.45) is 1.63. The second kappa shape index (κ2) is 8.84. The molecule has 7 nitrogen and oxygen atoms in total. The van der Waals surface area contributed by atoms with Crippen molar-refractivity contribution < 1.29 is 19.1 Å². The zero-order chi connectivity index (χ0) is 18.2. The molecule has 1 aromatic heterocycles. The van der Waals surface area contributed by atoms with Crippen molar-refractivity contribution in [3.8, 4) is 5.75 Å². The third-order valence-corrected chi connectivity index (χ3v) is 3.95. The van der Waals surface area contributed by atoms with Gasteiger partial charge in [-0.15, -0.1) is 0 Å². The Balaban J connectivity index is 1.43. The highest BCUT2D eigenvalue weighted by Crippen LogP contribution is 2.15. The van der Waals surface area contributed by atoms with Gasteiger partial charge in [-0.2, -0.15) is 0 Å². The molecule has 1 saturated heterocycles. The lowest BCUT2D eigenvalue weighted by molar-refractivity contribution is -0.121. The molecule has 2 heterocycles. The highest BCUT2D eigenvalue weighted by Gasteiger charge is 2.21. The van der Waals surface area contributed by atoms with Crippen LogP contribution in [0.3, 0.4) is 0 Å². The Kier molecular flexibility index (Phi) is 6.03. The van der Waals surface area contributed by atoms with Crippen LogP contribution in [0.4, 0.5) is 4.79 Å². The first-order chi connectivity index (χ1) is 12.7. The predicted molar refractivity (Wildman–Crippen MR) is 94.4 cm³/mol. The fourth-order valence-corrected chi connectivity index (χ4v) is 2.54. The largest absolute Gasteiger partial charge is 0.487 e. The third kappa shape index (κ3) is 5.20. The Morgan fingerprint density at radius 1 is 1.27 bits per heavy atom. The fourth-order valence-electron chi connectivity index (χ4n) is 2.54. The molecule has 0 bridgehead atoms. The molecule has 26 heavy (non-hydrogen) atoms. The number of ether oxygens (including phenoxy) is 2. The van der Waals surface area contributed by atoms with E-state index in [9.17, 15) is 9.59 Å². The van der Waals surface area contributed by atoms with E-state index in [1.165, 1.54) is 4.90 Å². The maximum absolute atomic E-state index is 11.9. The summed E-state index contributed by atoms with van der Waals surface area (Å²) >= 11 is 0. The van der Waals surface area contributed by atoms with Gasteiger partial charge in [-0.05, 0) is 29.8 Å². The Bertz CT molecular complexity index is 751. The maximum atomic E-state index is 11.9. The average molecular weight is 355 g/mol. The van der Waals surface area contributed by atoms with Gasteiger partial charge in [0.1, 0.15) is 19.0 Å². The van der Waals surface area contributed by atoms with E-state index in [1.54, 1.807) is 6.20 Å². The topological polar surface area (TPSA) is 80.8 Å². The summed E-state index contributed by atoms with van der Waals surface area (Å²) in [6.45, 7) is 2.11. The molecular formula is C19H21N3O4. The molecule has 0 atom stereocenters. The first-order valence-corrected chi connectivity index (χ1v) is 8.51. The standard InChI is InChI=1S/C19H21N3O4/c23-18(7-9-22-10-11-25-19(22)24)21-13-15-4-3-6-17(12-15)26-14-16-5-1-2-8-20-16/h1-6,8,12H,7,9-11,13-14H2,(H,21,23). The summed E-state index contributed by atoms with van der Waals surface area (Å²) in [7, 11) is 0. The number of nitrogens with one attached hydrogen (secondary N) is 1. The molecule has 136 valence electrons. The molecule has 7 heteroatoms. The summed E-state index contributed by atoms with van der Waals surface area (Å²) < 4.78 is 10.6. The molecule has 1 N–H and O–H groups in total. The van der Waals surface area contributed by atoms with Crippen LogP contribution in [0.1, 0.15) is 17.7 Å². The molecule has 2 amide bonds. The molecule has 0 unspecified atom stereocenters. The van der Waals surface area contributed by atoms with Gasteiger partial charge >= 0.3 is 6.09 Å². The quantitative estimate of drug-likeness (QED) is 0.784. The highest BCUT2D eigenvalue weighted by molar-refractivity contribution is 5.77. The van der Waals surface area contributed by atoms with Crippen LogP contribution in [-0.4, -0.2) is 41.6 Å². The van der Waals surface area contributed by atoms with Gasteiger partial charge in [0.25, 0.3) is 0 Å². The number of nitrogens with zero attached hydrogens (tertiary/aromatic N) is 2. The van der Waals surface area contributed by atoms with Crippen molar-refractivity contribution in [3.63, 3.8) is 0 Å². The molecule has 1 fully saturated rings. The summed E-state index contributed by atoms with van der Waals surface area (Å²) in [6, 6.07) is 13.2. The van der Waals surface area contributed by atoms with E-state index < -0.39 is 0 Å². The lowest BCUT2D eigenvalue weighted by Crippen LogP contribution is -2.31. The number of amides is 2. The second-order valence-corrected chi connectivity index (χ2v) is 5.89. The van der Waals surface area contributed by atoms with E-state index in [4.69, 9.17) is 9.47 Å². The van der Waals surface area contributed by atoms with E-state index in [2.05, 4.69) is 10.3 Å². The van der Waals surface area contributed by atoms with Gasteiger partial charge in [-0.3, -0.25) is 9.78 Å². The minimum Gasteiger partial charge on any atom is -0.487 e. The molecule has 0 radical (unpaired) electrons. The Morgan fingerprint density at radius 2 is 2.19 bits per heavy atom. The van der Waals surface area contributed by atoms with Crippen molar-refractivity contribution in [1.29, 1.82) is 0 Å². The van der Waals surface area contributed by atoms with Gasteiger partial charge in [-0.1, -0.05) is 18.2 Å². The van der Waals surface area contributed by atoms with Crippen molar-refractivity contribution in [1.82, 2.24) is 15.2 Å². The number of pyridine rings is 1. The number of hydrogen-bond acceptors (Lipinski definition) is 5. The Hall–Kier alpha value is -3.09. The number of hydrogen-bond donors (Lipinski definition) is 1. The minimum atomic E-state index is -0.351. The van der Waals surface area contributed by atoms with Crippen LogP contribution >= 0.6 is 0 Å². The van der Waals surface area contributed by atoms with Crippen LogP contribution in [0.5, 0.6) is 5.75 Å². The normalized spacial score (nSPS) is 13.4. The molecule has 1 aromatic carbocycles. The first-order valence-electron chi connectivity index (χ1n) is 8.51. The molecule has 1 aliphatic rings. The number of rotatable bonds is 8. The van der Waals surface area contributed by atoms with E-state index in [0.717, 1.165) is 17.0 Å². The van der Waals surface area contributed by atoms with Gasteiger partial charge < -0.3 is 19.7 Å². The van der Waals surface area contributed by atoms with Gasteiger partial charge in [0.15, 0.2) is 0 Å². The van der Waals surface area contributed by atoms with Crippen molar-refractivity contribution in [2.24, 2.45) is 0 Å². The zero-order valence-corrected chi connectivity index (χ0v) is 14.4. The van der Waals surface area contributed by atoms with Crippen molar-refractivity contribution >= 4 is 12.0 Å². The van der Waals surface area contributed by atoms with E-state index in [0.29, 0.717) is 32.8 Å². The lowest BCUT2D eigenvalue weighted by atomic mass is 10.2. The van der Waals surface area contributed by atoms with Crippen LogP contribution in [0.25, 0.3) is 0 Å². The summed E-state index contributed by atoms with van der Waals surface area (Å²) in [5.41, 5.74) is 1.80. The number of cyclic esters (lactones) is 1. The predicted octanol–water partition coefficient (Wildman–Crippen LogP) is 2.12. The van der Waals surface area contributed by atoms with E-state index in [1.807, 2.05) is 42.5 Å². The van der Waals surface area contributed by atoms with Gasteiger partial charge in [0.05, 0.1) is 12.2 Å². The summed E-state index contributed by atoms with van der Waals surface area (Å²) in [4.78, 5) is 29.0. The van der Waals surface area contributed by atoms with Crippen LogP contribution in [0.2, 0.25) is 0 Å². The van der Waals surface area contributed by atoms with E-state index in [-0.39, 0.29) is 18.4 Å². The Labute approximate surface area is 151 Å². The lowest BCUT2D eigenvalue weighted by Gasteiger charge is -2.12. The smallest absolute Gasteiger partial charge is 0.409 e. The Morgan fingerprint density at radius 3 is 2.96 bits per heavy atom. The van der Waals surface area contributed by atoms with Crippen LogP contribution in [0, 0.1) is 0 Å². The molecule has 0 saturated carbocycles. The highest BCUT2D eigenvalue weighted by atomic mass is 16.6. The van der Waals surface area contributed by atoms with Crippen LogP contribution in [0.15, 0.2) is 48.7 Å². The fraction of sp³-hybridized carbons (Fsp3) is 0.316.